The number of carbonyl (C=O) groups excluding carboxylic acids is 1. The monoisotopic (exact) mass is 465 g/mol. The number of ether oxygens (including phenoxy) is 1. The number of nitrogens with zero attached hydrogens (tertiary/aromatic N) is 1. The molecule has 1 unspecified atom stereocenters. The molecule has 0 saturated carbocycles. The molecule has 1 aliphatic rings. The van der Waals surface area contributed by atoms with Gasteiger partial charge in [-0.3, -0.25) is 4.79 Å². The van der Waals surface area contributed by atoms with Gasteiger partial charge in [-0.15, -0.1) is 0 Å². The molecule has 4 aromatic rings. The predicted octanol–water partition coefficient (Wildman–Crippen LogP) is 7.58. The Morgan fingerprint density at radius 2 is 1.71 bits per heavy atom. The molecule has 5 rings (SSSR count). The van der Waals surface area contributed by atoms with Gasteiger partial charge in [-0.25, -0.2) is 0 Å². The molecule has 1 atom stereocenters. The highest BCUT2D eigenvalue weighted by Crippen LogP contribution is 2.38. The first-order valence-electron chi connectivity index (χ1n) is 12.3. The molecule has 3 aromatic carbocycles. The fourth-order valence-corrected chi connectivity index (χ4v) is 5.00. The lowest BCUT2D eigenvalue weighted by Crippen LogP contribution is -2.41. The minimum Gasteiger partial charge on any atom is -0.496 e. The van der Waals surface area contributed by atoms with Crippen LogP contribution in [0.1, 0.15) is 38.7 Å². The van der Waals surface area contributed by atoms with E-state index in [0.29, 0.717) is 5.75 Å². The van der Waals surface area contributed by atoms with E-state index >= 15 is 0 Å². The summed E-state index contributed by atoms with van der Waals surface area (Å²) in [5.74, 6) is 0.770. The lowest BCUT2D eigenvalue weighted by atomic mass is 9.97. The molecule has 178 valence electrons. The van der Waals surface area contributed by atoms with E-state index in [2.05, 4.69) is 49.4 Å². The Morgan fingerprint density at radius 1 is 1.00 bits per heavy atom. The number of methoxy groups -OCH3 is 1. The average molecular weight is 466 g/mol. The summed E-state index contributed by atoms with van der Waals surface area (Å²) < 4.78 is 11.6. The van der Waals surface area contributed by atoms with Crippen molar-refractivity contribution in [3.63, 3.8) is 0 Å². The summed E-state index contributed by atoms with van der Waals surface area (Å²) in [5, 5.41) is 1.000. The van der Waals surface area contributed by atoms with Crippen LogP contribution in [0.5, 0.6) is 5.75 Å². The summed E-state index contributed by atoms with van der Waals surface area (Å²) >= 11 is 0. The Morgan fingerprint density at radius 3 is 2.43 bits per heavy atom. The minimum atomic E-state index is 0.0702. The van der Waals surface area contributed by atoms with Gasteiger partial charge in [0.2, 0.25) is 5.91 Å². The van der Waals surface area contributed by atoms with Gasteiger partial charge in [0.15, 0.2) is 0 Å². The number of allylic oxidation sites excluding steroid dienone is 1. The summed E-state index contributed by atoms with van der Waals surface area (Å²) in [6.07, 6.45) is 6.87. The number of fused-ring (bicyclic) bond motifs is 1. The zero-order valence-corrected chi connectivity index (χ0v) is 20.6. The quantitative estimate of drug-likeness (QED) is 0.285. The maximum atomic E-state index is 13.0. The maximum Gasteiger partial charge on any atom is 0.247 e. The van der Waals surface area contributed by atoms with E-state index in [1.807, 2.05) is 36.1 Å². The number of hydrogen-bond donors (Lipinski definition) is 0. The van der Waals surface area contributed by atoms with Crippen molar-refractivity contribution in [3.05, 3.63) is 84.6 Å². The highest BCUT2D eigenvalue weighted by Gasteiger charge is 2.22. The third-order valence-electron chi connectivity index (χ3n) is 7.05. The van der Waals surface area contributed by atoms with Crippen molar-refractivity contribution in [2.45, 2.75) is 39.2 Å². The molecule has 35 heavy (non-hydrogen) atoms. The average Bonchev–Trinajstić information content (AvgIpc) is 3.31. The van der Waals surface area contributed by atoms with Gasteiger partial charge in [0.05, 0.1) is 13.4 Å². The first kappa shape index (κ1) is 23.0. The highest BCUT2D eigenvalue weighted by molar-refractivity contribution is 6.00. The van der Waals surface area contributed by atoms with Crippen LogP contribution in [0.3, 0.4) is 0 Å². The van der Waals surface area contributed by atoms with Crippen molar-refractivity contribution < 1.29 is 13.9 Å². The van der Waals surface area contributed by atoms with Gasteiger partial charge >= 0.3 is 0 Å². The molecular weight excluding hydrogens is 434 g/mol. The molecule has 0 aliphatic carbocycles. The number of likely N-dealkylation sites (tertiary alicyclic amines) is 1. The molecule has 2 heterocycles. The van der Waals surface area contributed by atoms with Crippen LogP contribution in [0, 0.1) is 0 Å². The van der Waals surface area contributed by atoms with E-state index in [0.717, 1.165) is 52.6 Å². The van der Waals surface area contributed by atoms with Crippen molar-refractivity contribution in [2.24, 2.45) is 0 Å². The maximum absolute atomic E-state index is 13.0. The van der Waals surface area contributed by atoms with Crippen LogP contribution in [0.15, 0.2) is 83.5 Å². The first-order valence-corrected chi connectivity index (χ1v) is 12.3. The van der Waals surface area contributed by atoms with Crippen molar-refractivity contribution in [3.8, 4) is 28.0 Å². The Labute approximate surface area is 206 Å². The molecule has 1 aromatic heterocycles. The van der Waals surface area contributed by atoms with Crippen LogP contribution >= 0.6 is 0 Å². The molecule has 1 saturated heterocycles. The van der Waals surface area contributed by atoms with E-state index < -0.39 is 0 Å². The SMILES string of the molecule is COc1cc2occ(-c3ccc(-c4ccccc4)cc3)c2cc1/C(C)=C/C(=O)N1CCCCC1C. The molecule has 0 radical (unpaired) electrons. The second-order valence-corrected chi connectivity index (χ2v) is 9.35. The van der Waals surface area contributed by atoms with Gasteiger partial charge in [-0.2, -0.15) is 0 Å². The van der Waals surface area contributed by atoms with Crippen LogP contribution in [-0.4, -0.2) is 30.5 Å². The predicted molar refractivity (Wildman–Crippen MR) is 142 cm³/mol. The molecule has 4 heteroatoms. The number of rotatable bonds is 5. The van der Waals surface area contributed by atoms with E-state index in [-0.39, 0.29) is 11.9 Å². The molecule has 0 N–H and O–H groups in total. The Hall–Kier alpha value is -3.79. The van der Waals surface area contributed by atoms with Gasteiger partial charge in [-0.1, -0.05) is 54.6 Å². The minimum absolute atomic E-state index is 0.0702. The number of hydrogen-bond acceptors (Lipinski definition) is 3. The fraction of sp³-hybridized carbons (Fsp3) is 0.258. The van der Waals surface area contributed by atoms with Gasteiger partial charge < -0.3 is 14.1 Å². The van der Waals surface area contributed by atoms with Gasteiger partial charge in [0.25, 0.3) is 0 Å². The summed E-state index contributed by atoms with van der Waals surface area (Å²) in [6.45, 7) is 4.93. The number of piperidine rings is 1. The number of carbonyl (C=O) groups is 1. The molecule has 1 amide bonds. The Bertz CT molecular complexity index is 1370. The number of amides is 1. The molecule has 1 fully saturated rings. The number of furan rings is 1. The van der Waals surface area contributed by atoms with E-state index in [9.17, 15) is 4.79 Å². The van der Waals surface area contributed by atoms with Crippen LogP contribution in [0.25, 0.3) is 38.8 Å². The van der Waals surface area contributed by atoms with Crippen LogP contribution < -0.4 is 4.74 Å². The molecule has 4 nitrogen and oxygen atoms in total. The summed E-state index contributed by atoms with van der Waals surface area (Å²) in [6, 6.07) is 23.2. The van der Waals surface area contributed by atoms with Gasteiger partial charge in [0.1, 0.15) is 11.3 Å². The molecule has 0 bridgehead atoms. The number of benzene rings is 3. The van der Waals surface area contributed by atoms with E-state index in [1.165, 1.54) is 17.5 Å². The van der Waals surface area contributed by atoms with Crippen molar-refractivity contribution in [2.75, 3.05) is 13.7 Å². The second kappa shape index (κ2) is 9.83. The molecule has 0 spiro atoms. The normalized spacial score (nSPS) is 16.5. The third kappa shape index (κ3) is 4.61. The Balaban J connectivity index is 1.50. The van der Waals surface area contributed by atoms with Gasteiger partial charge in [0, 0.05) is 41.2 Å². The smallest absolute Gasteiger partial charge is 0.247 e. The largest absolute Gasteiger partial charge is 0.496 e. The summed E-state index contributed by atoms with van der Waals surface area (Å²) in [7, 11) is 1.65. The van der Waals surface area contributed by atoms with Crippen molar-refractivity contribution in [1.29, 1.82) is 0 Å². The van der Waals surface area contributed by atoms with Crippen LogP contribution in [0.2, 0.25) is 0 Å². The van der Waals surface area contributed by atoms with Crippen molar-refractivity contribution in [1.82, 2.24) is 4.90 Å². The van der Waals surface area contributed by atoms with Crippen LogP contribution in [0.4, 0.5) is 0 Å². The molecular formula is C31H31NO3. The second-order valence-electron chi connectivity index (χ2n) is 9.35. The standard InChI is InChI=1S/C31H31NO3/c1-21(17-31(33)32-16-8-7-9-22(32)2)26-18-27-28(20-35-30(27)19-29(26)34-3)25-14-12-24(13-15-25)23-10-5-4-6-11-23/h4-6,10-15,17-20,22H,7-9,16H2,1-3H3/b21-17+. The topological polar surface area (TPSA) is 42.7 Å². The Kier molecular flexibility index (Phi) is 6.45. The lowest BCUT2D eigenvalue weighted by Gasteiger charge is -2.32. The zero-order valence-electron chi connectivity index (χ0n) is 20.6. The van der Waals surface area contributed by atoms with E-state index in [1.54, 1.807) is 19.4 Å². The zero-order chi connectivity index (χ0) is 24.4. The summed E-state index contributed by atoms with van der Waals surface area (Å²) in [4.78, 5) is 15.0. The highest BCUT2D eigenvalue weighted by atomic mass is 16.5. The van der Waals surface area contributed by atoms with E-state index in [4.69, 9.17) is 9.15 Å². The fourth-order valence-electron chi connectivity index (χ4n) is 5.00. The third-order valence-corrected chi connectivity index (χ3v) is 7.05. The van der Waals surface area contributed by atoms with Crippen LogP contribution in [-0.2, 0) is 4.79 Å². The first-order chi connectivity index (χ1) is 17.0. The van der Waals surface area contributed by atoms with Gasteiger partial charge in [-0.05, 0) is 61.4 Å². The summed E-state index contributed by atoms with van der Waals surface area (Å²) in [5.41, 5.74) is 7.02. The lowest BCUT2D eigenvalue weighted by molar-refractivity contribution is -0.129. The molecule has 1 aliphatic heterocycles. The van der Waals surface area contributed by atoms with Crippen molar-refractivity contribution >= 4 is 22.4 Å².